The molecule has 0 aromatic carbocycles. The van der Waals surface area contributed by atoms with Gasteiger partial charge in [0, 0.05) is 25.3 Å². The molecule has 1 fully saturated rings. The maximum atomic E-state index is 12.4. The molecule has 1 aliphatic rings. The fraction of sp³-hybridized carbons (Fsp3) is 0.571. The average molecular weight is 320 g/mol. The van der Waals surface area contributed by atoms with Crippen molar-refractivity contribution in [2.24, 2.45) is 11.1 Å². The molecule has 6 heteroatoms. The number of carbonyl (C=O) groups excluding carboxylic acids is 1. The molecule has 0 radical (unpaired) electrons. The van der Waals surface area contributed by atoms with Crippen LogP contribution in [-0.2, 0) is 0 Å². The quantitative estimate of drug-likeness (QED) is 0.864. The van der Waals surface area contributed by atoms with Gasteiger partial charge in [0.25, 0.3) is 5.91 Å². The van der Waals surface area contributed by atoms with Crippen molar-refractivity contribution in [1.82, 2.24) is 9.88 Å². The maximum absolute atomic E-state index is 12.4. The van der Waals surface area contributed by atoms with E-state index < -0.39 is 0 Å². The molecule has 0 aliphatic carbocycles. The molecule has 2 N–H and O–H groups in total. The van der Waals surface area contributed by atoms with Crippen LogP contribution in [0.5, 0.6) is 0 Å². The van der Waals surface area contributed by atoms with Gasteiger partial charge in [0.1, 0.15) is 5.69 Å². The van der Waals surface area contributed by atoms with Gasteiger partial charge in [-0.25, -0.2) is 0 Å². The fourth-order valence-electron chi connectivity index (χ4n) is 2.41. The molecule has 0 bridgehead atoms. The molecule has 1 aliphatic heterocycles. The molecule has 1 atom stereocenters. The van der Waals surface area contributed by atoms with Crippen LogP contribution in [-0.4, -0.2) is 34.9 Å². The van der Waals surface area contributed by atoms with E-state index in [1.54, 1.807) is 6.20 Å². The molecule has 114 valence electrons. The molecule has 4 nitrogen and oxygen atoms in total. The molecule has 1 aromatic heterocycles. The number of aromatic nitrogens is 1. The third-order valence-corrected chi connectivity index (χ3v) is 3.81. The van der Waals surface area contributed by atoms with Crippen LogP contribution in [0.4, 0.5) is 0 Å². The second-order valence-electron chi connectivity index (χ2n) is 5.78. The van der Waals surface area contributed by atoms with Crippen LogP contribution < -0.4 is 5.73 Å². The SMILES string of the molecule is Cc1cccnc1C(=O)N1CCC(N)C(C)(C)C1.Cl.Cl. The largest absolute Gasteiger partial charge is 0.337 e. The zero-order chi connectivity index (χ0) is 13.3. The Morgan fingerprint density at radius 1 is 1.45 bits per heavy atom. The van der Waals surface area contributed by atoms with E-state index in [1.165, 1.54) is 0 Å². The van der Waals surface area contributed by atoms with Crippen molar-refractivity contribution >= 4 is 30.7 Å². The van der Waals surface area contributed by atoms with Crippen molar-refractivity contribution < 1.29 is 4.79 Å². The number of rotatable bonds is 1. The van der Waals surface area contributed by atoms with Crippen LogP contribution in [0, 0.1) is 12.3 Å². The molecule has 2 rings (SSSR count). The van der Waals surface area contributed by atoms with Gasteiger partial charge in [0.2, 0.25) is 0 Å². The number of hydrogen-bond acceptors (Lipinski definition) is 3. The summed E-state index contributed by atoms with van der Waals surface area (Å²) in [6.45, 7) is 7.56. The maximum Gasteiger partial charge on any atom is 0.272 e. The molecular weight excluding hydrogens is 297 g/mol. The number of amides is 1. The summed E-state index contributed by atoms with van der Waals surface area (Å²) in [6.07, 6.45) is 2.52. The highest BCUT2D eigenvalue weighted by Gasteiger charge is 2.36. The first-order chi connectivity index (χ1) is 8.42. The normalized spacial score (nSPS) is 20.6. The van der Waals surface area contributed by atoms with Crippen LogP contribution in [0.25, 0.3) is 0 Å². The third kappa shape index (κ3) is 3.84. The van der Waals surface area contributed by atoms with Crippen molar-refractivity contribution in [1.29, 1.82) is 0 Å². The monoisotopic (exact) mass is 319 g/mol. The zero-order valence-electron chi connectivity index (χ0n) is 12.1. The molecular formula is C14H23Cl2N3O. The van der Waals surface area contributed by atoms with E-state index in [4.69, 9.17) is 5.73 Å². The summed E-state index contributed by atoms with van der Waals surface area (Å²) in [7, 11) is 0. The summed E-state index contributed by atoms with van der Waals surface area (Å²) in [5.74, 6) is 0.0214. The zero-order valence-corrected chi connectivity index (χ0v) is 13.8. The first kappa shape index (κ1) is 19.2. The number of nitrogens with zero attached hydrogens (tertiary/aromatic N) is 2. The number of aryl methyl sites for hydroxylation is 1. The topological polar surface area (TPSA) is 59.2 Å². The van der Waals surface area contributed by atoms with E-state index in [0.29, 0.717) is 12.2 Å². The van der Waals surface area contributed by atoms with Gasteiger partial charge < -0.3 is 10.6 Å². The lowest BCUT2D eigenvalue weighted by molar-refractivity contribution is 0.0526. The Morgan fingerprint density at radius 3 is 2.65 bits per heavy atom. The summed E-state index contributed by atoms with van der Waals surface area (Å²) < 4.78 is 0. The number of pyridine rings is 1. The first-order valence-corrected chi connectivity index (χ1v) is 6.38. The molecule has 1 amide bonds. The van der Waals surface area contributed by atoms with E-state index >= 15 is 0 Å². The third-order valence-electron chi connectivity index (χ3n) is 3.81. The Bertz CT molecular complexity index is 465. The van der Waals surface area contributed by atoms with Crippen molar-refractivity contribution in [2.75, 3.05) is 13.1 Å². The van der Waals surface area contributed by atoms with Gasteiger partial charge in [-0.2, -0.15) is 0 Å². The lowest BCUT2D eigenvalue weighted by Crippen LogP contribution is -2.54. The van der Waals surface area contributed by atoms with Crippen molar-refractivity contribution in [3.05, 3.63) is 29.6 Å². The highest BCUT2D eigenvalue weighted by atomic mass is 35.5. The first-order valence-electron chi connectivity index (χ1n) is 6.38. The summed E-state index contributed by atoms with van der Waals surface area (Å²) in [5.41, 5.74) is 7.54. The number of hydrogen-bond donors (Lipinski definition) is 1. The lowest BCUT2D eigenvalue weighted by atomic mass is 9.79. The number of piperidine rings is 1. The minimum Gasteiger partial charge on any atom is -0.337 e. The minimum absolute atomic E-state index is 0. The molecule has 0 spiro atoms. The average Bonchev–Trinajstić information content (AvgIpc) is 2.32. The van der Waals surface area contributed by atoms with Gasteiger partial charge in [0.15, 0.2) is 0 Å². The van der Waals surface area contributed by atoms with E-state index in [1.807, 2.05) is 24.0 Å². The van der Waals surface area contributed by atoms with Crippen LogP contribution in [0.15, 0.2) is 18.3 Å². The molecule has 1 aromatic rings. The van der Waals surface area contributed by atoms with Gasteiger partial charge in [-0.1, -0.05) is 19.9 Å². The van der Waals surface area contributed by atoms with Gasteiger partial charge in [-0.3, -0.25) is 9.78 Å². The Hall–Kier alpha value is -0.840. The molecule has 1 saturated heterocycles. The highest BCUT2D eigenvalue weighted by Crippen LogP contribution is 2.28. The Labute approximate surface area is 132 Å². The number of likely N-dealkylation sites (tertiary alicyclic amines) is 1. The summed E-state index contributed by atoms with van der Waals surface area (Å²) in [4.78, 5) is 18.5. The predicted octanol–water partition coefficient (Wildman–Crippen LogP) is 2.43. The summed E-state index contributed by atoms with van der Waals surface area (Å²) >= 11 is 0. The standard InChI is InChI=1S/C14H21N3O.2ClH/c1-10-5-4-7-16-12(10)13(18)17-8-6-11(15)14(2,3)9-17;;/h4-5,7,11H,6,8-9,15H2,1-3H3;2*1H. The van der Waals surface area contributed by atoms with Crippen molar-refractivity contribution in [3.8, 4) is 0 Å². The highest BCUT2D eigenvalue weighted by molar-refractivity contribution is 5.93. The second-order valence-corrected chi connectivity index (χ2v) is 5.78. The van der Waals surface area contributed by atoms with E-state index in [0.717, 1.165) is 18.5 Å². The number of nitrogens with two attached hydrogens (primary N) is 1. The van der Waals surface area contributed by atoms with E-state index in [-0.39, 0.29) is 42.2 Å². The number of carbonyl (C=O) groups is 1. The minimum atomic E-state index is -0.0312. The van der Waals surface area contributed by atoms with Crippen LogP contribution in [0.2, 0.25) is 0 Å². The van der Waals surface area contributed by atoms with Gasteiger partial charge >= 0.3 is 0 Å². The van der Waals surface area contributed by atoms with Gasteiger partial charge in [-0.15, -0.1) is 24.8 Å². The summed E-state index contributed by atoms with van der Waals surface area (Å²) in [6, 6.07) is 3.93. The Morgan fingerprint density at radius 2 is 2.10 bits per heavy atom. The second kappa shape index (κ2) is 7.25. The van der Waals surface area contributed by atoms with Crippen molar-refractivity contribution in [2.45, 2.75) is 33.2 Å². The molecule has 0 saturated carbocycles. The summed E-state index contributed by atoms with van der Waals surface area (Å²) in [5, 5.41) is 0. The Kier molecular flexibility index (Phi) is 6.94. The fourth-order valence-corrected chi connectivity index (χ4v) is 2.41. The Balaban J connectivity index is 0.00000180. The van der Waals surface area contributed by atoms with Gasteiger partial charge in [0.05, 0.1) is 0 Å². The van der Waals surface area contributed by atoms with E-state index in [9.17, 15) is 4.79 Å². The molecule has 2 heterocycles. The predicted molar refractivity (Wildman–Crippen MR) is 85.7 cm³/mol. The van der Waals surface area contributed by atoms with Gasteiger partial charge in [-0.05, 0) is 30.4 Å². The van der Waals surface area contributed by atoms with Crippen LogP contribution in [0.3, 0.4) is 0 Å². The van der Waals surface area contributed by atoms with Crippen LogP contribution in [0.1, 0.15) is 36.3 Å². The van der Waals surface area contributed by atoms with E-state index in [2.05, 4.69) is 18.8 Å². The van der Waals surface area contributed by atoms with Crippen LogP contribution >= 0.6 is 24.8 Å². The number of halogens is 2. The van der Waals surface area contributed by atoms with Crippen molar-refractivity contribution in [3.63, 3.8) is 0 Å². The lowest BCUT2D eigenvalue weighted by Gasteiger charge is -2.42. The molecule has 1 unspecified atom stereocenters. The molecule has 20 heavy (non-hydrogen) atoms. The smallest absolute Gasteiger partial charge is 0.272 e.